The molecular weight excluding hydrogens is 392 g/mol. The van der Waals surface area contributed by atoms with Crippen molar-refractivity contribution >= 4 is 28.6 Å². The van der Waals surface area contributed by atoms with Crippen LogP contribution in [-0.4, -0.2) is 38.4 Å². The molecule has 1 aliphatic heterocycles. The molecule has 2 aromatic heterocycles. The highest BCUT2D eigenvalue weighted by Crippen LogP contribution is 2.40. The summed E-state index contributed by atoms with van der Waals surface area (Å²) in [4.78, 5) is 26.0. The average Bonchev–Trinajstić information content (AvgIpc) is 3.40. The molecule has 0 amide bonds. The zero-order valence-electron chi connectivity index (χ0n) is 17.8. The number of methoxy groups -OCH3 is 1. The van der Waals surface area contributed by atoms with Crippen molar-refractivity contribution in [3.8, 4) is 11.4 Å². The van der Waals surface area contributed by atoms with E-state index in [9.17, 15) is 4.79 Å². The molecule has 0 spiro atoms. The molecule has 1 fully saturated rings. The average molecular weight is 416 g/mol. The van der Waals surface area contributed by atoms with Crippen LogP contribution >= 0.6 is 0 Å². The molecule has 3 aromatic rings. The van der Waals surface area contributed by atoms with Crippen LogP contribution in [0.2, 0.25) is 0 Å². The SMILES string of the molecule is COc1c(Nc2cc(CC(=O)C3CC3)nc3c2N=C(C)C3)cccc1-n1cnc(C)n1. The first-order valence-electron chi connectivity index (χ1n) is 10.4. The van der Waals surface area contributed by atoms with Gasteiger partial charge in [-0.2, -0.15) is 5.10 Å². The molecule has 1 aliphatic carbocycles. The number of Topliss-reactive ketones (excluding diaryl/α,β-unsaturated/α-hetero) is 1. The summed E-state index contributed by atoms with van der Waals surface area (Å²) >= 11 is 0. The van der Waals surface area contributed by atoms with Crippen LogP contribution in [0.1, 0.15) is 37.0 Å². The van der Waals surface area contributed by atoms with E-state index < -0.39 is 0 Å². The van der Waals surface area contributed by atoms with Crippen LogP contribution < -0.4 is 10.1 Å². The van der Waals surface area contributed by atoms with Crippen LogP contribution in [0.3, 0.4) is 0 Å². The van der Waals surface area contributed by atoms with Gasteiger partial charge in [-0.15, -0.1) is 0 Å². The van der Waals surface area contributed by atoms with E-state index >= 15 is 0 Å². The van der Waals surface area contributed by atoms with Crippen molar-refractivity contribution in [3.05, 3.63) is 47.8 Å². The first kappa shape index (κ1) is 19.4. The molecule has 1 aromatic carbocycles. The van der Waals surface area contributed by atoms with Gasteiger partial charge in [0.2, 0.25) is 0 Å². The van der Waals surface area contributed by atoms with Crippen molar-refractivity contribution < 1.29 is 9.53 Å². The highest BCUT2D eigenvalue weighted by molar-refractivity contribution is 5.96. The standard InChI is InChI=1S/C23H24N6O2/c1-13-9-18-22(25-13)19(10-16(26-18)11-21(30)15-7-8-15)27-17-5-4-6-20(23(17)31-3)29-12-24-14(2)28-29/h4-6,10,12,15H,7-9,11H2,1-3H3,(H,26,27). The van der Waals surface area contributed by atoms with Crippen molar-refractivity contribution in [1.29, 1.82) is 0 Å². The van der Waals surface area contributed by atoms with Crippen LogP contribution in [0.4, 0.5) is 17.1 Å². The lowest BCUT2D eigenvalue weighted by Gasteiger charge is -2.17. The van der Waals surface area contributed by atoms with E-state index in [1.807, 2.05) is 38.1 Å². The Balaban J connectivity index is 1.53. The Bertz CT molecular complexity index is 1210. The molecular formula is C23H24N6O2. The van der Waals surface area contributed by atoms with Gasteiger partial charge in [-0.25, -0.2) is 9.67 Å². The summed E-state index contributed by atoms with van der Waals surface area (Å²) in [5.41, 5.74) is 5.90. The zero-order chi connectivity index (χ0) is 21.5. The third-order valence-corrected chi connectivity index (χ3v) is 5.55. The van der Waals surface area contributed by atoms with Gasteiger partial charge in [-0.3, -0.25) is 14.8 Å². The van der Waals surface area contributed by atoms with Crippen LogP contribution in [0.5, 0.6) is 5.75 Å². The van der Waals surface area contributed by atoms with Crippen molar-refractivity contribution in [3.63, 3.8) is 0 Å². The molecule has 2 aliphatic rings. The minimum absolute atomic E-state index is 0.215. The first-order valence-corrected chi connectivity index (χ1v) is 10.4. The lowest BCUT2D eigenvalue weighted by atomic mass is 10.1. The minimum Gasteiger partial charge on any atom is -0.492 e. The number of nitrogens with zero attached hydrogens (tertiary/aromatic N) is 5. The number of aromatic nitrogens is 4. The molecule has 8 nitrogen and oxygen atoms in total. The Kier molecular flexibility index (Phi) is 4.77. The van der Waals surface area contributed by atoms with E-state index in [1.54, 1.807) is 18.1 Å². The maximum atomic E-state index is 12.4. The van der Waals surface area contributed by atoms with E-state index in [4.69, 9.17) is 14.7 Å². The summed E-state index contributed by atoms with van der Waals surface area (Å²) < 4.78 is 7.42. The van der Waals surface area contributed by atoms with Gasteiger partial charge in [0.1, 0.15) is 29.3 Å². The number of anilines is 2. The molecule has 0 bridgehead atoms. The van der Waals surface area contributed by atoms with Gasteiger partial charge in [0.15, 0.2) is 5.75 Å². The molecule has 31 heavy (non-hydrogen) atoms. The summed E-state index contributed by atoms with van der Waals surface area (Å²) in [6.07, 6.45) is 4.73. The molecule has 3 heterocycles. The van der Waals surface area contributed by atoms with Gasteiger partial charge in [0.05, 0.1) is 29.9 Å². The maximum absolute atomic E-state index is 12.4. The Morgan fingerprint density at radius 3 is 2.81 bits per heavy atom. The Morgan fingerprint density at radius 1 is 1.26 bits per heavy atom. The molecule has 5 rings (SSSR count). The van der Waals surface area contributed by atoms with E-state index in [1.165, 1.54) is 0 Å². The van der Waals surface area contributed by atoms with Crippen molar-refractivity contribution in [2.45, 2.75) is 39.5 Å². The van der Waals surface area contributed by atoms with Crippen LogP contribution in [0.25, 0.3) is 5.69 Å². The number of fused-ring (bicyclic) bond motifs is 1. The number of hydrogen-bond donors (Lipinski definition) is 1. The predicted octanol–water partition coefficient (Wildman–Crippen LogP) is 3.89. The monoisotopic (exact) mass is 416 g/mol. The summed E-state index contributed by atoms with van der Waals surface area (Å²) in [5.74, 6) is 1.82. The number of ether oxygens (including phenoxy) is 1. The lowest BCUT2D eigenvalue weighted by Crippen LogP contribution is -2.08. The molecule has 0 atom stereocenters. The number of carbonyl (C=O) groups is 1. The topological polar surface area (TPSA) is 94.3 Å². The van der Waals surface area contributed by atoms with Gasteiger partial charge in [0, 0.05) is 24.5 Å². The van der Waals surface area contributed by atoms with Crippen molar-refractivity contribution in [2.75, 3.05) is 12.4 Å². The normalized spacial score (nSPS) is 14.9. The van der Waals surface area contributed by atoms with Gasteiger partial charge in [0.25, 0.3) is 0 Å². The summed E-state index contributed by atoms with van der Waals surface area (Å²) in [6.45, 7) is 3.84. The number of rotatable bonds is 7. The third kappa shape index (κ3) is 3.81. The number of aryl methyl sites for hydroxylation is 1. The molecule has 0 unspecified atom stereocenters. The molecule has 1 saturated carbocycles. The highest BCUT2D eigenvalue weighted by atomic mass is 16.5. The Hall–Kier alpha value is -3.55. The van der Waals surface area contributed by atoms with Gasteiger partial charge >= 0.3 is 0 Å². The number of aliphatic imine (C=N–C) groups is 1. The summed E-state index contributed by atoms with van der Waals surface area (Å²) in [5, 5.41) is 7.88. The molecule has 158 valence electrons. The van der Waals surface area contributed by atoms with E-state index in [0.717, 1.165) is 52.7 Å². The molecule has 0 radical (unpaired) electrons. The second-order valence-corrected chi connectivity index (χ2v) is 8.12. The number of para-hydroxylation sites is 1. The number of nitrogens with one attached hydrogen (secondary N) is 1. The van der Waals surface area contributed by atoms with E-state index in [-0.39, 0.29) is 11.7 Å². The number of benzene rings is 1. The minimum atomic E-state index is 0.215. The number of hydrogen-bond acceptors (Lipinski definition) is 7. The smallest absolute Gasteiger partial charge is 0.167 e. The van der Waals surface area contributed by atoms with Gasteiger partial charge < -0.3 is 10.1 Å². The fraction of sp³-hybridized carbons (Fsp3) is 0.348. The predicted molar refractivity (Wildman–Crippen MR) is 118 cm³/mol. The Morgan fingerprint density at radius 2 is 2.10 bits per heavy atom. The second kappa shape index (κ2) is 7.61. The van der Waals surface area contributed by atoms with E-state index in [0.29, 0.717) is 24.4 Å². The Labute approximate surface area is 180 Å². The number of carbonyl (C=O) groups excluding carboxylic acids is 1. The highest BCUT2D eigenvalue weighted by Gasteiger charge is 2.30. The van der Waals surface area contributed by atoms with Crippen LogP contribution in [0.15, 0.2) is 35.6 Å². The van der Waals surface area contributed by atoms with Crippen LogP contribution in [0, 0.1) is 12.8 Å². The molecule has 1 N–H and O–H groups in total. The van der Waals surface area contributed by atoms with Crippen molar-refractivity contribution in [1.82, 2.24) is 19.7 Å². The molecule has 8 heteroatoms. The molecule has 0 saturated heterocycles. The number of ketones is 1. The van der Waals surface area contributed by atoms with Crippen LogP contribution in [-0.2, 0) is 17.6 Å². The van der Waals surface area contributed by atoms with Crippen molar-refractivity contribution in [2.24, 2.45) is 10.9 Å². The third-order valence-electron chi connectivity index (χ3n) is 5.55. The maximum Gasteiger partial charge on any atom is 0.167 e. The quantitative estimate of drug-likeness (QED) is 0.628. The summed E-state index contributed by atoms with van der Waals surface area (Å²) in [6, 6.07) is 7.74. The van der Waals surface area contributed by atoms with E-state index in [2.05, 4.69) is 15.4 Å². The zero-order valence-corrected chi connectivity index (χ0v) is 17.8. The largest absolute Gasteiger partial charge is 0.492 e. The fourth-order valence-corrected chi connectivity index (χ4v) is 3.91. The van der Waals surface area contributed by atoms with Gasteiger partial charge in [-0.1, -0.05) is 6.07 Å². The second-order valence-electron chi connectivity index (χ2n) is 8.12. The first-order chi connectivity index (χ1) is 15.0. The van der Waals surface area contributed by atoms with Gasteiger partial charge in [-0.05, 0) is 44.9 Å². The number of pyridine rings is 1. The lowest BCUT2D eigenvalue weighted by molar-refractivity contribution is -0.119. The fourth-order valence-electron chi connectivity index (χ4n) is 3.91. The summed E-state index contributed by atoms with van der Waals surface area (Å²) in [7, 11) is 1.63.